The van der Waals surface area contributed by atoms with Crippen molar-refractivity contribution >= 4 is 7.82 Å². The SMILES string of the molecule is C/C=C\OC[C@@H](COP(=O)(O)OCC[N+](C)(C)C)OCCCCCC/C=C\CCCCCCCCCC. The van der Waals surface area contributed by atoms with Gasteiger partial charge in [0.25, 0.3) is 0 Å². The van der Waals surface area contributed by atoms with E-state index in [1.807, 2.05) is 28.1 Å². The molecular weight excluding hydrogens is 489 g/mol. The molecule has 0 aliphatic heterocycles. The maximum absolute atomic E-state index is 12.2. The van der Waals surface area contributed by atoms with Crippen LogP contribution in [0.1, 0.15) is 104 Å². The summed E-state index contributed by atoms with van der Waals surface area (Å²) in [6.45, 7) is 5.65. The number of phosphoric ester groups is 1. The zero-order valence-electron chi connectivity index (χ0n) is 24.7. The number of ether oxygens (including phenoxy) is 2. The summed E-state index contributed by atoms with van der Waals surface area (Å²) in [6.07, 6.45) is 25.4. The van der Waals surface area contributed by atoms with Gasteiger partial charge in [-0.1, -0.05) is 82.9 Å². The molecule has 0 aromatic carbocycles. The fraction of sp³-hybridized carbons (Fsp3) is 0.862. The molecule has 37 heavy (non-hydrogen) atoms. The van der Waals surface area contributed by atoms with E-state index in [9.17, 15) is 9.46 Å². The number of hydrogen-bond acceptors (Lipinski definition) is 5. The van der Waals surface area contributed by atoms with Gasteiger partial charge in [0.05, 0.1) is 34.0 Å². The van der Waals surface area contributed by atoms with Crippen molar-refractivity contribution in [1.29, 1.82) is 0 Å². The fourth-order valence-corrected chi connectivity index (χ4v) is 4.39. The van der Waals surface area contributed by atoms with Crippen molar-refractivity contribution in [3.63, 3.8) is 0 Å². The molecule has 1 N–H and O–H groups in total. The van der Waals surface area contributed by atoms with Crippen LogP contribution in [0, 0.1) is 0 Å². The Labute approximate surface area is 228 Å². The van der Waals surface area contributed by atoms with Gasteiger partial charge in [0.2, 0.25) is 0 Å². The summed E-state index contributed by atoms with van der Waals surface area (Å²) >= 11 is 0. The van der Waals surface area contributed by atoms with Crippen LogP contribution in [0.2, 0.25) is 0 Å². The number of unbranched alkanes of at least 4 members (excludes halogenated alkanes) is 12. The molecule has 0 bridgehead atoms. The Balaban J connectivity index is 3.89. The van der Waals surface area contributed by atoms with Crippen LogP contribution < -0.4 is 0 Å². The first-order chi connectivity index (χ1) is 17.7. The lowest BCUT2D eigenvalue weighted by Crippen LogP contribution is -2.37. The highest BCUT2D eigenvalue weighted by Gasteiger charge is 2.25. The van der Waals surface area contributed by atoms with Crippen molar-refractivity contribution in [3.05, 3.63) is 24.5 Å². The van der Waals surface area contributed by atoms with Crippen LogP contribution in [-0.2, 0) is 23.1 Å². The lowest BCUT2D eigenvalue weighted by Gasteiger charge is -2.24. The van der Waals surface area contributed by atoms with Gasteiger partial charge in [-0.3, -0.25) is 9.05 Å². The number of rotatable bonds is 27. The monoisotopic (exact) mass is 548 g/mol. The highest BCUT2D eigenvalue weighted by molar-refractivity contribution is 7.47. The molecule has 0 spiro atoms. The minimum absolute atomic E-state index is 0.0562. The van der Waals surface area contributed by atoms with Gasteiger partial charge >= 0.3 is 7.82 Å². The van der Waals surface area contributed by atoms with Crippen LogP contribution in [0.25, 0.3) is 0 Å². The molecule has 0 saturated carbocycles. The van der Waals surface area contributed by atoms with Gasteiger partial charge in [0.15, 0.2) is 0 Å². The van der Waals surface area contributed by atoms with Crippen molar-refractivity contribution < 1.29 is 32.5 Å². The van der Waals surface area contributed by atoms with Gasteiger partial charge < -0.3 is 18.9 Å². The summed E-state index contributed by atoms with van der Waals surface area (Å²) in [4.78, 5) is 9.94. The van der Waals surface area contributed by atoms with Gasteiger partial charge in [-0.05, 0) is 39.0 Å². The molecule has 0 radical (unpaired) electrons. The van der Waals surface area contributed by atoms with Crippen molar-refractivity contribution in [3.8, 4) is 0 Å². The Hall–Kier alpha value is -0.690. The fourth-order valence-electron chi connectivity index (χ4n) is 3.65. The largest absolute Gasteiger partial charge is 0.499 e. The third-order valence-electron chi connectivity index (χ3n) is 5.96. The Kier molecular flexibility index (Phi) is 23.9. The van der Waals surface area contributed by atoms with E-state index >= 15 is 0 Å². The van der Waals surface area contributed by atoms with Gasteiger partial charge in [-0.2, -0.15) is 0 Å². The van der Waals surface area contributed by atoms with Crippen molar-refractivity contribution in [2.45, 2.75) is 110 Å². The number of nitrogens with zero attached hydrogens (tertiary/aromatic N) is 1. The normalized spacial score (nSPS) is 15.0. The molecule has 0 amide bonds. The smallest absolute Gasteiger partial charge is 0.472 e. The minimum Gasteiger partial charge on any atom is -0.499 e. The second kappa shape index (κ2) is 24.4. The summed E-state index contributed by atoms with van der Waals surface area (Å²) in [5.41, 5.74) is 0. The number of likely N-dealkylation sites (N-methyl/N-ethyl adjacent to an activating group) is 1. The minimum atomic E-state index is -4.12. The first kappa shape index (κ1) is 36.3. The molecule has 0 aromatic rings. The number of allylic oxidation sites excluding steroid dienone is 3. The average molecular weight is 549 g/mol. The Morgan fingerprint density at radius 2 is 1.35 bits per heavy atom. The van der Waals surface area contributed by atoms with Crippen molar-refractivity contribution in [1.82, 2.24) is 0 Å². The third-order valence-corrected chi connectivity index (χ3v) is 6.95. The molecule has 2 atom stereocenters. The van der Waals surface area contributed by atoms with E-state index in [-0.39, 0.29) is 19.8 Å². The van der Waals surface area contributed by atoms with E-state index in [4.69, 9.17) is 18.5 Å². The average Bonchev–Trinajstić information content (AvgIpc) is 2.83. The standard InChI is InChI=1S/C29H58NO6P/c1-6-8-9-10-11-12-13-14-15-16-17-18-19-20-21-22-25-34-29(27-33-24-7-2)28-36-37(31,32)35-26-23-30(3,4)5/h7,16-17,24,29H,6,8-15,18-23,25-28H2,1-5H3/p+1/b17-16-,24-7-/t29-/m0/s1. The molecule has 0 heterocycles. The van der Waals surface area contributed by atoms with E-state index in [0.29, 0.717) is 17.6 Å². The van der Waals surface area contributed by atoms with E-state index in [1.165, 1.54) is 70.6 Å². The summed E-state index contributed by atoms with van der Waals surface area (Å²) in [5.74, 6) is 0. The summed E-state index contributed by atoms with van der Waals surface area (Å²) < 4.78 is 34.3. The first-order valence-electron chi connectivity index (χ1n) is 14.6. The van der Waals surface area contributed by atoms with Crippen LogP contribution in [0.5, 0.6) is 0 Å². The van der Waals surface area contributed by atoms with E-state index < -0.39 is 13.9 Å². The molecule has 7 nitrogen and oxygen atoms in total. The molecule has 0 aromatic heterocycles. The van der Waals surface area contributed by atoms with Crippen LogP contribution in [0.3, 0.4) is 0 Å². The van der Waals surface area contributed by atoms with Gasteiger partial charge in [0.1, 0.15) is 25.9 Å². The maximum Gasteiger partial charge on any atom is 0.472 e. The predicted molar refractivity (Wildman–Crippen MR) is 155 cm³/mol. The Morgan fingerprint density at radius 3 is 1.92 bits per heavy atom. The van der Waals surface area contributed by atoms with Gasteiger partial charge in [-0.15, -0.1) is 0 Å². The Bertz CT molecular complexity index is 606. The molecule has 0 rings (SSSR count). The molecule has 0 saturated heterocycles. The topological polar surface area (TPSA) is 74.2 Å². The Morgan fingerprint density at radius 1 is 0.784 bits per heavy atom. The van der Waals surface area contributed by atoms with Crippen LogP contribution in [0.15, 0.2) is 24.5 Å². The van der Waals surface area contributed by atoms with Crippen molar-refractivity contribution in [2.24, 2.45) is 0 Å². The third kappa shape index (κ3) is 28.1. The molecule has 1 unspecified atom stereocenters. The number of phosphoric acid groups is 1. The van der Waals surface area contributed by atoms with Gasteiger partial charge in [0, 0.05) is 6.61 Å². The predicted octanol–water partition coefficient (Wildman–Crippen LogP) is 7.80. The van der Waals surface area contributed by atoms with E-state index in [2.05, 4.69) is 19.1 Å². The van der Waals surface area contributed by atoms with Crippen molar-refractivity contribution in [2.75, 3.05) is 54.1 Å². The van der Waals surface area contributed by atoms with Crippen LogP contribution in [-0.4, -0.2) is 69.6 Å². The summed E-state index contributed by atoms with van der Waals surface area (Å²) in [6, 6.07) is 0. The molecule has 0 aliphatic carbocycles. The number of hydrogen-bond donors (Lipinski definition) is 1. The second-order valence-corrected chi connectivity index (χ2v) is 12.3. The highest BCUT2D eigenvalue weighted by atomic mass is 31.2. The maximum atomic E-state index is 12.2. The zero-order chi connectivity index (χ0) is 27.7. The molecule has 8 heteroatoms. The molecule has 0 aliphatic rings. The first-order valence-corrected chi connectivity index (χ1v) is 16.1. The zero-order valence-corrected chi connectivity index (χ0v) is 25.6. The van der Waals surface area contributed by atoms with E-state index in [1.54, 1.807) is 12.3 Å². The van der Waals surface area contributed by atoms with E-state index in [0.717, 1.165) is 19.3 Å². The summed E-state index contributed by atoms with van der Waals surface area (Å²) in [5, 5.41) is 0. The highest BCUT2D eigenvalue weighted by Crippen LogP contribution is 2.43. The molecule has 220 valence electrons. The summed E-state index contributed by atoms with van der Waals surface area (Å²) in [7, 11) is 1.85. The number of quaternary nitrogens is 1. The lowest BCUT2D eigenvalue weighted by atomic mass is 10.1. The van der Waals surface area contributed by atoms with Gasteiger partial charge in [-0.25, -0.2) is 4.57 Å². The molecule has 0 fully saturated rings. The van der Waals surface area contributed by atoms with Crippen LogP contribution >= 0.6 is 7.82 Å². The second-order valence-electron chi connectivity index (χ2n) is 10.8. The lowest BCUT2D eigenvalue weighted by molar-refractivity contribution is -0.870. The quantitative estimate of drug-likeness (QED) is 0.0371. The van der Waals surface area contributed by atoms with Crippen LogP contribution in [0.4, 0.5) is 0 Å². The molecular formula is C29H59NO6P+.